The predicted octanol–water partition coefficient (Wildman–Crippen LogP) is 2.51. The molecule has 0 aliphatic heterocycles. The zero-order valence-electron chi connectivity index (χ0n) is 15.6. The Labute approximate surface area is 137 Å². The van der Waals surface area contributed by atoms with Crippen molar-refractivity contribution < 1.29 is 9.59 Å². The molecule has 22 heavy (non-hydrogen) atoms. The van der Waals surface area contributed by atoms with Gasteiger partial charge in [0.25, 0.3) is 0 Å². The first-order valence-electron chi connectivity index (χ1n) is 8.78. The average Bonchev–Trinajstić information content (AvgIpc) is 2.52. The molecule has 0 heterocycles. The van der Waals surface area contributed by atoms with Gasteiger partial charge in [-0.25, -0.2) is 0 Å². The Morgan fingerprint density at radius 1 is 0.727 bits per heavy atom. The molecule has 0 fully saturated rings. The molecule has 0 bridgehead atoms. The Bertz CT molecular complexity index is 277. The van der Waals surface area contributed by atoms with Crippen molar-refractivity contribution >= 4 is 11.8 Å². The van der Waals surface area contributed by atoms with Crippen molar-refractivity contribution in [2.24, 2.45) is 0 Å². The molecule has 0 aliphatic rings. The number of amides is 2. The maximum Gasteiger partial charge on any atom is 0.223 e. The first-order chi connectivity index (χ1) is 10.5. The summed E-state index contributed by atoms with van der Waals surface area (Å²) in [4.78, 5) is 27.1. The lowest BCUT2D eigenvalue weighted by molar-refractivity contribution is -0.136. The molecule has 5 heteroatoms. The summed E-state index contributed by atoms with van der Waals surface area (Å²) in [5.41, 5.74) is 0. The van der Waals surface area contributed by atoms with Crippen molar-refractivity contribution in [1.29, 1.82) is 0 Å². The molecular weight excluding hydrogens is 278 g/mol. The van der Waals surface area contributed by atoms with Crippen molar-refractivity contribution in [3.8, 4) is 0 Å². The third-order valence-corrected chi connectivity index (χ3v) is 3.40. The van der Waals surface area contributed by atoms with E-state index in [0.29, 0.717) is 12.8 Å². The fourth-order valence-corrected chi connectivity index (χ4v) is 2.09. The van der Waals surface area contributed by atoms with Crippen molar-refractivity contribution in [2.45, 2.75) is 60.8 Å². The molecule has 0 aromatic heterocycles. The van der Waals surface area contributed by atoms with Crippen LogP contribution < -0.4 is 5.32 Å². The molecule has 132 valence electrons. The van der Waals surface area contributed by atoms with Crippen LogP contribution in [0.25, 0.3) is 0 Å². The molecule has 0 unspecified atom stereocenters. The van der Waals surface area contributed by atoms with Gasteiger partial charge in [0.1, 0.15) is 0 Å². The molecule has 5 nitrogen and oxygen atoms in total. The van der Waals surface area contributed by atoms with E-state index in [1.54, 1.807) is 4.90 Å². The fraction of sp³-hybridized carbons (Fsp3) is 0.882. The van der Waals surface area contributed by atoms with Crippen LogP contribution in [-0.2, 0) is 9.59 Å². The topological polar surface area (TPSA) is 52.7 Å². The van der Waals surface area contributed by atoms with E-state index < -0.39 is 0 Å². The molecule has 0 radical (unpaired) electrons. The van der Waals surface area contributed by atoms with Gasteiger partial charge in [-0.15, -0.1) is 0 Å². The number of hydrogen-bond donors (Lipinski definition) is 1. The second kappa shape index (κ2) is 16.3. The van der Waals surface area contributed by atoms with Gasteiger partial charge in [-0.2, -0.15) is 0 Å². The Morgan fingerprint density at radius 3 is 1.41 bits per heavy atom. The van der Waals surface area contributed by atoms with E-state index in [4.69, 9.17) is 0 Å². The molecule has 0 spiro atoms. The fourth-order valence-electron chi connectivity index (χ4n) is 2.09. The van der Waals surface area contributed by atoms with Crippen molar-refractivity contribution in [2.75, 3.05) is 39.3 Å². The number of hydrogen-bond acceptors (Lipinski definition) is 3. The standard InChI is InChI=1S/C13H26N2O2.C4H11N/c1-5-11-15(8-4)13(17)10-9-12(16)14(6-2)7-3;1-3-5-4-2/h5-11H2,1-4H3;5H,3-4H2,1-2H3. The lowest BCUT2D eigenvalue weighted by Crippen LogP contribution is -2.34. The van der Waals surface area contributed by atoms with Gasteiger partial charge in [-0.05, 0) is 40.3 Å². The molecule has 0 saturated heterocycles. The van der Waals surface area contributed by atoms with Gasteiger partial charge >= 0.3 is 0 Å². The molecule has 0 aromatic rings. The van der Waals surface area contributed by atoms with E-state index in [2.05, 4.69) is 26.1 Å². The lowest BCUT2D eigenvalue weighted by atomic mass is 10.2. The number of nitrogens with one attached hydrogen (secondary N) is 1. The van der Waals surface area contributed by atoms with Gasteiger partial charge in [0.2, 0.25) is 11.8 Å². The third-order valence-electron chi connectivity index (χ3n) is 3.40. The number of rotatable bonds is 10. The monoisotopic (exact) mass is 315 g/mol. The van der Waals surface area contributed by atoms with Crippen LogP contribution in [0.2, 0.25) is 0 Å². The van der Waals surface area contributed by atoms with Crippen LogP contribution in [0.5, 0.6) is 0 Å². The molecule has 0 atom stereocenters. The number of nitrogens with zero attached hydrogens (tertiary/aromatic N) is 2. The van der Waals surface area contributed by atoms with Crippen LogP contribution in [0.4, 0.5) is 0 Å². The molecule has 0 aromatic carbocycles. The van der Waals surface area contributed by atoms with Gasteiger partial charge in [-0.1, -0.05) is 20.8 Å². The Balaban J connectivity index is 0. The van der Waals surface area contributed by atoms with E-state index in [9.17, 15) is 9.59 Å². The second-order valence-electron chi connectivity index (χ2n) is 5.00. The highest BCUT2D eigenvalue weighted by Crippen LogP contribution is 2.02. The minimum absolute atomic E-state index is 0.0795. The predicted molar refractivity (Wildman–Crippen MR) is 93.9 cm³/mol. The highest BCUT2D eigenvalue weighted by molar-refractivity contribution is 5.83. The molecule has 1 N–H and O–H groups in total. The highest BCUT2D eigenvalue weighted by atomic mass is 16.2. The summed E-state index contributed by atoms with van der Waals surface area (Å²) in [7, 11) is 0. The van der Waals surface area contributed by atoms with E-state index in [-0.39, 0.29) is 11.8 Å². The smallest absolute Gasteiger partial charge is 0.223 e. The zero-order valence-corrected chi connectivity index (χ0v) is 15.6. The lowest BCUT2D eigenvalue weighted by Gasteiger charge is -2.22. The van der Waals surface area contributed by atoms with Crippen LogP contribution in [0.3, 0.4) is 0 Å². The van der Waals surface area contributed by atoms with Gasteiger partial charge in [0.05, 0.1) is 0 Å². The second-order valence-corrected chi connectivity index (χ2v) is 5.00. The SMILES string of the molecule is CCCN(CC)C(=O)CCC(=O)N(CC)CC.CCNCC. The van der Waals surface area contributed by atoms with E-state index in [1.165, 1.54) is 0 Å². The minimum Gasteiger partial charge on any atom is -0.343 e. The molecular formula is C17H37N3O2. The van der Waals surface area contributed by atoms with E-state index in [1.807, 2.05) is 25.7 Å². The summed E-state index contributed by atoms with van der Waals surface area (Å²) < 4.78 is 0. The summed E-state index contributed by atoms with van der Waals surface area (Å²) in [6, 6.07) is 0. The maximum atomic E-state index is 11.8. The summed E-state index contributed by atoms with van der Waals surface area (Å²) in [6.07, 6.45) is 1.63. The Morgan fingerprint density at radius 2 is 1.14 bits per heavy atom. The number of carbonyl (C=O) groups excluding carboxylic acids is 2. The quantitative estimate of drug-likeness (QED) is 0.674. The Hall–Kier alpha value is -1.10. The Kier molecular flexibility index (Phi) is 17.1. The zero-order chi connectivity index (χ0) is 17.4. The van der Waals surface area contributed by atoms with Crippen LogP contribution in [0.15, 0.2) is 0 Å². The van der Waals surface area contributed by atoms with Gasteiger partial charge in [-0.3, -0.25) is 9.59 Å². The largest absolute Gasteiger partial charge is 0.343 e. The van der Waals surface area contributed by atoms with E-state index in [0.717, 1.165) is 45.7 Å². The van der Waals surface area contributed by atoms with Crippen LogP contribution >= 0.6 is 0 Å². The maximum absolute atomic E-state index is 11.8. The van der Waals surface area contributed by atoms with Crippen molar-refractivity contribution in [3.63, 3.8) is 0 Å². The third kappa shape index (κ3) is 11.5. The van der Waals surface area contributed by atoms with Crippen LogP contribution in [-0.4, -0.2) is 60.9 Å². The summed E-state index contributed by atoms with van der Waals surface area (Å²) in [5.74, 6) is 0.172. The van der Waals surface area contributed by atoms with Crippen molar-refractivity contribution in [3.05, 3.63) is 0 Å². The molecule has 2 amide bonds. The number of carbonyl (C=O) groups is 2. The molecule has 0 rings (SSSR count). The summed E-state index contributed by atoms with van der Waals surface area (Å²) in [6.45, 7) is 17.3. The van der Waals surface area contributed by atoms with Crippen LogP contribution in [0.1, 0.15) is 60.8 Å². The molecule has 0 saturated carbocycles. The summed E-state index contributed by atoms with van der Waals surface area (Å²) in [5, 5.41) is 3.11. The van der Waals surface area contributed by atoms with Crippen molar-refractivity contribution in [1.82, 2.24) is 15.1 Å². The normalized spacial score (nSPS) is 9.73. The van der Waals surface area contributed by atoms with Gasteiger partial charge < -0.3 is 15.1 Å². The first kappa shape index (κ1) is 23.2. The first-order valence-corrected chi connectivity index (χ1v) is 8.78. The average molecular weight is 316 g/mol. The molecule has 0 aliphatic carbocycles. The van der Waals surface area contributed by atoms with Crippen LogP contribution in [0, 0.1) is 0 Å². The highest BCUT2D eigenvalue weighted by Gasteiger charge is 2.15. The van der Waals surface area contributed by atoms with Gasteiger partial charge in [0.15, 0.2) is 0 Å². The van der Waals surface area contributed by atoms with E-state index >= 15 is 0 Å². The minimum atomic E-state index is 0.0795. The summed E-state index contributed by atoms with van der Waals surface area (Å²) >= 11 is 0. The van der Waals surface area contributed by atoms with Gasteiger partial charge in [0, 0.05) is 39.0 Å².